The van der Waals surface area contributed by atoms with Crippen LogP contribution in [0.25, 0.3) is 11.1 Å². The van der Waals surface area contributed by atoms with Gasteiger partial charge in [-0.25, -0.2) is 4.98 Å². The zero-order valence-corrected chi connectivity index (χ0v) is 13.2. The van der Waals surface area contributed by atoms with Crippen LogP contribution in [0.15, 0.2) is 18.5 Å². The van der Waals surface area contributed by atoms with Crippen LogP contribution in [0.3, 0.4) is 0 Å². The summed E-state index contributed by atoms with van der Waals surface area (Å²) in [6.45, 7) is 6.63. The lowest BCUT2D eigenvalue weighted by atomic mass is 9.88. The Kier molecular flexibility index (Phi) is 3.66. The van der Waals surface area contributed by atoms with Crippen molar-refractivity contribution in [2.75, 3.05) is 7.11 Å². The number of nitrogens with zero attached hydrogens (tertiary/aromatic N) is 2. The fourth-order valence-electron chi connectivity index (χ4n) is 3.32. The van der Waals surface area contributed by atoms with Crippen LogP contribution in [0.1, 0.15) is 48.6 Å². The van der Waals surface area contributed by atoms with Gasteiger partial charge in [0.15, 0.2) is 0 Å². The molecule has 0 spiro atoms. The van der Waals surface area contributed by atoms with E-state index in [1.165, 1.54) is 34.4 Å². The van der Waals surface area contributed by atoms with Crippen LogP contribution in [0.4, 0.5) is 0 Å². The third-order valence-electron chi connectivity index (χ3n) is 4.31. The number of hydrogen-bond acceptors (Lipinski definition) is 3. The molecule has 0 saturated heterocycles. The Morgan fingerprint density at radius 3 is 2.62 bits per heavy atom. The van der Waals surface area contributed by atoms with Crippen molar-refractivity contribution >= 4 is 0 Å². The van der Waals surface area contributed by atoms with Crippen molar-refractivity contribution in [3.8, 4) is 17.0 Å². The van der Waals surface area contributed by atoms with Crippen LogP contribution in [0.5, 0.6) is 5.88 Å². The predicted octanol–water partition coefficient (Wildman–Crippen LogP) is 4.07. The standard InChI is InChI=1S/C18H22N2O/c1-11(2)18-13-6-5-7-16(13)19-10-15(18)14-8-17(21-4)20-9-12(14)3/h8-11H,5-7H2,1-4H3. The maximum Gasteiger partial charge on any atom is 0.213 e. The topological polar surface area (TPSA) is 35.0 Å². The first kappa shape index (κ1) is 14.1. The van der Waals surface area contributed by atoms with Gasteiger partial charge < -0.3 is 4.74 Å². The molecule has 3 rings (SSSR count). The first-order valence-corrected chi connectivity index (χ1v) is 7.63. The first-order valence-electron chi connectivity index (χ1n) is 7.63. The van der Waals surface area contributed by atoms with Gasteiger partial charge in [-0.1, -0.05) is 13.8 Å². The second-order valence-electron chi connectivity index (χ2n) is 6.06. The van der Waals surface area contributed by atoms with Crippen molar-refractivity contribution in [3.63, 3.8) is 0 Å². The number of pyridine rings is 2. The Morgan fingerprint density at radius 1 is 1.10 bits per heavy atom. The molecule has 2 aromatic rings. The van der Waals surface area contributed by atoms with E-state index >= 15 is 0 Å². The van der Waals surface area contributed by atoms with Crippen LogP contribution in [0.2, 0.25) is 0 Å². The summed E-state index contributed by atoms with van der Waals surface area (Å²) >= 11 is 0. The minimum absolute atomic E-state index is 0.494. The average Bonchev–Trinajstić information content (AvgIpc) is 2.94. The van der Waals surface area contributed by atoms with Crippen LogP contribution in [-0.4, -0.2) is 17.1 Å². The molecule has 0 fully saturated rings. The van der Waals surface area contributed by atoms with Gasteiger partial charge in [0, 0.05) is 29.7 Å². The molecule has 0 aliphatic heterocycles. The zero-order chi connectivity index (χ0) is 15.0. The summed E-state index contributed by atoms with van der Waals surface area (Å²) < 4.78 is 5.29. The summed E-state index contributed by atoms with van der Waals surface area (Å²) in [5.74, 6) is 1.15. The largest absolute Gasteiger partial charge is 0.481 e. The molecule has 0 aromatic carbocycles. The molecule has 1 aliphatic carbocycles. The van der Waals surface area contributed by atoms with Crippen LogP contribution < -0.4 is 4.74 Å². The third-order valence-corrected chi connectivity index (χ3v) is 4.31. The average molecular weight is 282 g/mol. The van der Waals surface area contributed by atoms with E-state index in [9.17, 15) is 0 Å². The molecule has 0 bridgehead atoms. The van der Waals surface area contributed by atoms with Gasteiger partial charge in [0.1, 0.15) is 0 Å². The number of ether oxygens (including phenoxy) is 1. The number of aromatic nitrogens is 2. The summed E-state index contributed by atoms with van der Waals surface area (Å²) in [4.78, 5) is 9.00. The Hall–Kier alpha value is -1.90. The van der Waals surface area contributed by atoms with E-state index in [0.29, 0.717) is 11.8 Å². The number of fused-ring (bicyclic) bond motifs is 1. The SMILES string of the molecule is COc1cc(-c2cnc3c(c2C(C)C)CCC3)c(C)cn1. The van der Waals surface area contributed by atoms with E-state index in [1.807, 2.05) is 18.5 Å². The van der Waals surface area contributed by atoms with E-state index in [0.717, 1.165) is 18.4 Å². The molecule has 3 nitrogen and oxygen atoms in total. The monoisotopic (exact) mass is 282 g/mol. The number of methoxy groups -OCH3 is 1. The quantitative estimate of drug-likeness (QED) is 0.851. The van der Waals surface area contributed by atoms with E-state index in [2.05, 4.69) is 25.8 Å². The molecular weight excluding hydrogens is 260 g/mol. The number of hydrogen-bond donors (Lipinski definition) is 0. The molecule has 0 radical (unpaired) electrons. The van der Waals surface area contributed by atoms with Crippen LogP contribution >= 0.6 is 0 Å². The maximum atomic E-state index is 5.29. The smallest absolute Gasteiger partial charge is 0.213 e. The maximum absolute atomic E-state index is 5.29. The van der Waals surface area contributed by atoms with Crippen molar-refractivity contribution in [1.29, 1.82) is 0 Å². The summed E-state index contributed by atoms with van der Waals surface area (Å²) in [6, 6.07) is 2.03. The highest BCUT2D eigenvalue weighted by molar-refractivity contribution is 5.72. The third kappa shape index (κ3) is 2.41. The Bertz CT molecular complexity index is 677. The lowest BCUT2D eigenvalue weighted by Gasteiger charge is -2.19. The van der Waals surface area contributed by atoms with Crippen molar-refractivity contribution in [2.45, 2.75) is 46.0 Å². The summed E-state index contributed by atoms with van der Waals surface area (Å²) in [6.07, 6.45) is 7.43. The Balaban J connectivity index is 2.23. The van der Waals surface area contributed by atoms with Gasteiger partial charge in [-0.05, 0) is 54.4 Å². The van der Waals surface area contributed by atoms with Crippen molar-refractivity contribution in [1.82, 2.24) is 9.97 Å². The molecular formula is C18H22N2O. The van der Waals surface area contributed by atoms with Crippen molar-refractivity contribution < 1.29 is 4.74 Å². The minimum atomic E-state index is 0.494. The highest BCUT2D eigenvalue weighted by Crippen LogP contribution is 2.38. The summed E-state index contributed by atoms with van der Waals surface area (Å²) in [5, 5.41) is 0. The normalized spacial score (nSPS) is 13.6. The minimum Gasteiger partial charge on any atom is -0.481 e. The van der Waals surface area contributed by atoms with Crippen molar-refractivity contribution in [3.05, 3.63) is 40.8 Å². The van der Waals surface area contributed by atoms with Crippen LogP contribution in [0, 0.1) is 6.92 Å². The number of aryl methyl sites for hydroxylation is 2. The van der Waals surface area contributed by atoms with Gasteiger partial charge in [0.05, 0.1) is 7.11 Å². The molecule has 0 saturated carbocycles. The van der Waals surface area contributed by atoms with E-state index < -0.39 is 0 Å². The predicted molar refractivity (Wildman–Crippen MR) is 84.9 cm³/mol. The molecule has 2 heterocycles. The second kappa shape index (κ2) is 5.47. The molecule has 21 heavy (non-hydrogen) atoms. The van der Waals surface area contributed by atoms with E-state index in [1.54, 1.807) is 7.11 Å². The van der Waals surface area contributed by atoms with Gasteiger partial charge in [0.25, 0.3) is 0 Å². The fourth-order valence-corrected chi connectivity index (χ4v) is 3.32. The summed E-state index contributed by atoms with van der Waals surface area (Å²) in [7, 11) is 1.66. The lowest BCUT2D eigenvalue weighted by Crippen LogP contribution is -2.03. The van der Waals surface area contributed by atoms with Gasteiger partial charge in [0.2, 0.25) is 5.88 Å². The molecule has 1 aliphatic rings. The molecule has 110 valence electrons. The zero-order valence-electron chi connectivity index (χ0n) is 13.2. The second-order valence-corrected chi connectivity index (χ2v) is 6.06. The molecule has 0 unspecified atom stereocenters. The molecule has 0 amide bonds. The first-order chi connectivity index (χ1) is 10.1. The highest BCUT2D eigenvalue weighted by Gasteiger charge is 2.22. The highest BCUT2D eigenvalue weighted by atomic mass is 16.5. The van der Waals surface area contributed by atoms with E-state index in [-0.39, 0.29) is 0 Å². The Morgan fingerprint density at radius 2 is 1.90 bits per heavy atom. The fraction of sp³-hybridized carbons (Fsp3) is 0.444. The lowest BCUT2D eigenvalue weighted by molar-refractivity contribution is 0.398. The van der Waals surface area contributed by atoms with E-state index in [4.69, 9.17) is 9.72 Å². The summed E-state index contributed by atoms with van der Waals surface area (Å²) in [5.41, 5.74) is 7.81. The van der Waals surface area contributed by atoms with Gasteiger partial charge in [-0.2, -0.15) is 0 Å². The van der Waals surface area contributed by atoms with Gasteiger partial charge >= 0.3 is 0 Å². The number of rotatable bonds is 3. The van der Waals surface area contributed by atoms with Gasteiger partial charge in [-0.3, -0.25) is 4.98 Å². The van der Waals surface area contributed by atoms with Crippen molar-refractivity contribution in [2.24, 2.45) is 0 Å². The molecule has 3 heteroatoms. The van der Waals surface area contributed by atoms with Gasteiger partial charge in [-0.15, -0.1) is 0 Å². The molecule has 2 aromatic heterocycles. The Labute approximate surface area is 126 Å². The molecule has 0 atom stereocenters. The van der Waals surface area contributed by atoms with Crippen LogP contribution in [-0.2, 0) is 12.8 Å². The molecule has 0 N–H and O–H groups in total.